The van der Waals surface area contributed by atoms with E-state index in [4.69, 9.17) is 14.7 Å². The number of nitrogens with zero attached hydrogens (tertiary/aromatic N) is 1. The summed E-state index contributed by atoms with van der Waals surface area (Å²) in [6, 6.07) is 2.81. The van der Waals surface area contributed by atoms with Crippen LogP contribution in [0.1, 0.15) is 32.1 Å². The molecule has 0 heterocycles. The van der Waals surface area contributed by atoms with E-state index in [0.717, 1.165) is 38.8 Å². The minimum Gasteiger partial charge on any atom is -0.382 e. The van der Waals surface area contributed by atoms with Gasteiger partial charge in [0, 0.05) is 19.8 Å². The monoisotopic (exact) mass is 240 g/mol. The van der Waals surface area contributed by atoms with Gasteiger partial charge in [0.1, 0.15) is 0 Å². The van der Waals surface area contributed by atoms with Gasteiger partial charge in [-0.2, -0.15) is 5.26 Å². The van der Waals surface area contributed by atoms with E-state index in [9.17, 15) is 0 Å². The molecule has 1 fully saturated rings. The van der Waals surface area contributed by atoms with Crippen LogP contribution in [0, 0.1) is 17.2 Å². The van der Waals surface area contributed by atoms with Crippen molar-refractivity contribution in [3.05, 3.63) is 0 Å². The number of methoxy groups -OCH3 is 1. The van der Waals surface area contributed by atoms with Crippen LogP contribution in [0.25, 0.3) is 0 Å². The Bertz CT molecular complexity index is 228. The van der Waals surface area contributed by atoms with Crippen LogP contribution < -0.4 is 5.32 Å². The topological polar surface area (TPSA) is 54.3 Å². The maximum absolute atomic E-state index is 8.94. The Balaban J connectivity index is 1.89. The van der Waals surface area contributed by atoms with E-state index < -0.39 is 0 Å². The van der Waals surface area contributed by atoms with Crippen LogP contribution in [0.5, 0.6) is 0 Å². The standard InChI is InChI=1S/C13H24N2O2/c1-16-9-10-17-8-3-2-7-15-13-6-4-5-12(13)11-14/h12-13,15H,2-10H2,1H3. The molecule has 1 rings (SSSR count). The molecule has 0 amide bonds. The molecule has 4 nitrogen and oxygen atoms in total. The molecular formula is C13H24N2O2. The van der Waals surface area contributed by atoms with Gasteiger partial charge in [0.05, 0.1) is 25.2 Å². The highest BCUT2D eigenvalue weighted by atomic mass is 16.5. The minimum absolute atomic E-state index is 0.230. The molecule has 0 aromatic heterocycles. The summed E-state index contributed by atoms with van der Waals surface area (Å²) in [5, 5.41) is 12.4. The number of nitrogens with one attached hydrogen (secondary N) is 1. The van der Waals surface area contributed by atoms with Crippen LogP contribution in [0.2, 0.25) is 0 Å². The lowest BCUT2D eigenvalue weighted by atomic mass is 10.1. The second-order valence-electron chi connectivity index (χ2n) is 4.54. The summed E-state index contributed by atoms with van der Waals surface area (Å²) in [4.78, 5) is 0. The lowest BCUT2D eigenvalue weighted by molar-refractivity contribution is 0.0687. The number of nitriles is 1. The highest BCUT2D eigenvalue weighted by Gasteiger charge is 2.25. The second-order valence-corrected chi connectivity index (χ2v) is 4.54. The van der Waals surface area contributed by atoms with Crippen molar-refractivity contribution in [3.8, 4) is 6.07 Å². The number of hydrogen-bond acceptors (Lipinski definition) is 4. The smallest absolute Gasteiger partial charge is 0.0700 e. The predicted molar refractivity (Wildman–Crippen MR) is 66.7 cm³/mol. The van der Waals surface area contributed by atoms with Crippen molar-refractivity contribution in [3.63, 3.8) is 0 Å². The molecule has 4 heteroatoms. The normalized spacial score (nSPS) is 23.8. The summed E-state index contributed by atoms with van der Waals surface area (Å²) < 4.78 is 10.3. The third kappa shape index (κ3) is 6.02. The molecule has 0 radical (unpaired) electrons. The zero-order chi connectivity index (χ0) is 12.3. The molecule has 0 aliphatic heterocycles. The third-order valence-electron chi connectivity index (χ3n) is 3.24. The van der Waals surface area contributed by atoms with Gasteiger partial charge < -0.3 is 14.8 Å². The van der Waals surface area contributed by atoms with Gasteiger partial charge in [-0.25, -0.2) is 0 Å². The summed E-state index contributed by atoms with van der Waals surface area (Å²) in [5.41, 5.74) is 0. The summed E-state index contributed by atoms with van der Waals surface area (Å²) in [6.45, 7) is 3.15. The Morgan fingerprint density at radius 2 is 2.12 bits per heavy atom. The fourth-order valence-electron chi connectivity index (χ4n) is 2.22. The van der Waals surface area contributed by atoms with E-state index in [2.05, 4.69) is 11.4 Å². The van der Waals surface area contributed by atoms with Crippen LogP contribution in [-0.4, -0.2) is 39.5 Å². The Morgan fingerprint density at radius 3 is 2.88 bits per heavy atom. The van der Waals surface area contributed by atoms with Crippen molar-refractivity contribution in [2.45, 2.75) is 38.1 Å². The minimum atomic E-state index is 0.230. The molecule has 1 N–H and O–H groups in total. The van der Waals surface area contributed by atoms with Gasteiger partial charge in [-0.3, -0.25) is 0 Å². The molecule has 1 aliphatic rings. The largest absolute Gasteiger partial charge is 0.382 e. The zero-order valence-corrected chi connectivity index (χ0v) is 10.8. The molecule has 0 bridgehead atoms. The quantitative estimate of drug-likeness (QED) is 0.623. The summed E-state index contributed by atoms with van der Waals surface area (Å²) in [6.07, 6.45) is 5.59. The fraction of sp³-hybridized carbons (Fsp3) is 0.923. The lowest BCUT2D eigenvalue weighted by Crippen LogP contribution is -2.32. The van der Waals surface area contributed by atoms with Crippen LogP contribution >= 0.6 is 0 Å². The van der Waals surface area contributed by atoms with Gasteiger partial charge >= 0.3 is 0 Å². The second kappa shape index (κ2) is 9.41. The Hall–Kier alpha value is -0.630. The first-order chi connectivity index (χ1) is 8.38. The number of hydrogen-bond donors (Lipinski definition) is 1. The highest BCUT2D eigenvalue weighted by molar-refractivity contribution is 4.96. The van der Waals surface area contributed by atoms with E-state index in [1.54, 1.807) is 7.11 Å². The molecule has 2 unspecified atom stereocenters. The van der Waals surface area contributed by atoms with E-state index in [-0.39, 0.29) is 5.92 Å². The molecular weight excluding hydrogens is 216 g/mol. The Morgan fingerprint density at radius 1 is 1.24 bits per heavy atom. The Labute approximate surface area is 104 Å². The van der Waals surface area contributed by atoms with Crippen molar-refractivity contribution < 1.29 is 9.47 Å². The van der Waals surface area contributed by atoms with Gasteiger partial charge in [-0.05, 0) is 32.2 Å². The van der Waals surface area contributed by atoms with Gasteiger partial charge in [-0.15, -0.1) is 0 Å². The molecule has 1 saturated carbocycles. The zero-order valence-electron chi connectivity index (χ0n) is 10.8. The maximum Gasteiger partial charge on any atom is 0.0700 e. The van der Waals surface area contributed by atoms with Gasteiger partial charge in [-0.1, -0.05) is 6.42 Å². The van der Waals surface area contributed by atoms with Crippen molar-refractivity contribution in [2.75, 3.05) is 33.5 Å². The maximum atomic E-state index is 8.94. The number of ether oxygens (including phenoxy) is 2. The van der Waals surface area contributed by atoms with Gasteiger partial charge in [0.15, 0.2) is 0 Å². The highest BCUT2D eigenvalue weighted by Crippen LogP contribution is 2.24. The van der Waals surface area contributed by atoms with E-state index in [1.807, 2.05) is 0 Å². The van der Waals surface area contributed by atoms with Crippen molar-refractivity contribution in [1.82, 2.24) is 5.32 Å². The molecule has 2 atom stereocenters. The average molecular weight is 240 g/mol. The molecule has 0 aromatic rings. The predicted octanol–water partition coefficient (Wildman–Crippen LogP) is 1.71. The molecule has 0 spiro atoms. The summed E-state index contributed by atoms with van der Waals surface area (Å²) in [5.74, 6) is 0.230. The molecule has 0 aromatic carbocycles. The van der Waals surface area contributed by atoms with Crippen molar-refractivity contribution >= 4 is 0 Å². The molecule has 17 heavy (non-hydrogen) atoms. The van der Waals surface area contributed by atoms with E-state index in [0.29, 0.717) is 19.3 Å². The molecule has 1 aliphatic carbocycles. The Kier molecular flexibility index (Phi) is 7.98. The first kappa shape index (κ1) is 14.4. The van der Waals surface area contributed by atoms with Crippen LogP contribution in [0.15, 0.2) is 0 Å². The van der Waals surface area contributed by atoms with E-state index >= 15 is 0 Å². The van der Waals surface area contributed by atoms with Crippen molar-refractivity contribution in [2.24, 2.45) is 5.92 Å². The molecule has 98 valence electrons. The average Bonchev–Trinajstić information content (AvgIpc) is 2.80. The van der Waals surface area contributed by atoms with Gasteiger partial charge in [0.25, 0.3) is 0 Å². The SMILES string of the molecule is COCCOCCCCNC1CCCC1C#N. The van der Waals surface area contributed by atoms with Crippen LogP contribution in [-0.2, 0) is 9.47 Å². The van der Waals surface area contributed by atoms with Crippen LogP contribution in [0.4, 0.5) is 0 Å². The van der Waals surface area contributed by atoms with Gasteiger partial charge in [0.2, 0.25) is 0 Å². The summed E-state index contributed by atoms with van der Waals surface area (Å²) in [7, 11) is 1.68. The first-order valence-electron chi connectivity index (χ1n) is 6.58. The first-order valence-corrected chi connectivity index (χ1v) is 6.58. The lowest BCUT2D eigenvalue weighted by Gasteiger charge is -2.15. The van der Waals surface area contributed by atoms with E-state index in [1.165, 1.54) is 6.42 Å². The molecule has 0 saturated heterocycles. The van der Waals surface area contributed by atoms with Crippen molar-refractivity contribution in [1.29, 1.82) is 5.26 Å². The fourth-order valence-corrected chi connectivity index (χ4v) is 2.22. The summed E-state index contributed by atoms with van der Waals surface area (Å²) >= 11 is 0. The number of unbranched alkanes of at least 4 members (excludes halogenated alkanes) is 1. The third-order valence-corrected chi connectivity index (χ3v) is 3.24. The number of rotatable bonds is 9. The van der Waals surface area contributed by atoms with Crippen LogP contribution in [0.3, 0.4) is 0 Å².